The zero-order chi connectivity index (χ0) is 34.9. The summed E-state index contributed by atoms with van der Waals surface area (Å²) in [4.78, 5) is 0. The van der Waals surface area contributed by atoms with Gasteiger partial charge in [-0.2, -0.15) is 0 Å². The first kappa shape index (κ1) is 40.9. The van der Waals surface area contributed by atoms with E-state index in [1.807, 2.05) is 13.8 Å². The number of hydrogen-bond donors (Lipinski definition) is 1. The first-order valence-electron chi connectivity index (χ1n) is 20.0. The molecule has 0 aromatic carbocycles. The number of aliphatic hydroxyl groups is 1. The van der Waals surface area contributed by atoms with Crippen molar-refractivity contribution in [3.63, 3.8) is 0 Å². The summed E-state index contributed by atoms with van der Waals surface area (Å²) in [5.74, 6) is 1.85. The highest BCUT2D eigenvalue weighted by molar-refractivity contribution is 6.74. The van der Waals surface area contributed by atoms with Gasteiger partial charge in [0, 0.05) is 19.6 Å². The Balaban J connectivity index is 1.84. The quantitative estimate of drug-likeness (QED) is 0.137. The van der Waals surface area contributed by atoms with E-state index >= 15 is 0 Å². The van der Waals surface area contributed by atoms with Crippen molar-refractivity contribution in [1.29, 1.82) is 0 Å². The van der Waals surface area contributed by atoms with Gasteiger partial charge in [-0.15, -0.1) is 0 Å². The minimum Gasteiger partial charge on any atom is -0.413 e. The van der Waals surface area contributed by atoms with Gasteiger partial charge in [-0.05, 0) is 149 Å². The zero-order valence-electron chi connectivity index (χ0n) is 32.6. The zero-order valence-corrected chi connectivity index (χ0v) is 34.6. The molecule has 3 aliphatic rings. The fourth-order valence-corrected chi connectivity index (χ4v) is 15.5. The third kappa shape index (κ3) is 10.5. The Kier molecular flexibility index (Phi) is 15.8. The van der Waals surface area contributed by atoms with Gasteiger partial charge in [0.15, 0.2) is 16.6 Å². The van der Waals surface area contributed by atoms with Crippen LogP contribution in [0.2, 0.25) is 36.3 Å². The summed E-state index contributed by atoms with van der Waals surface area (Å²) in [6.07, 6.45) is 17.0. The van der Waals surface area contributed by atoms with Crippen molar-refractivity contribution in [3.05, 3.63) is 35.5 Å². The molecule has 47 heavy (non-hydrogen) atoms. The largest absolute Gasteiger partial charge is 0.413 e. The van der Waals surface area contributed by atoms with Crippen molar-refractivity contribution in [2.75, 3.05) is 13.2 Å². The standard InChI is InChI=1S/C41H76O4Si2/c1-12-43-31-33(30-40(9,10)42)21-24-36-25-26-38-34(20-19-27-41(36,38)11)22-23-35-28-37(44-46(13-2,14-3)15-4)29-39(32(35)8)45-47(16-5,17-6)18-7/h22-23,33,36-39,42H,8,12-21,24-31H2,1-7,9-11H3/b34-22+,35-23-/t33?,36-,37+,38-,39?,41?/m0/s1. The van der Waals surface area contributed by atoms with E-state index in [-0.39, 0.29) is 12.2 Å². The molecule has 0 heterocycles. The van der Waals surface area contributed by atoms with E-state index in [0.29, 0.717) is 17.3 Å². The van der Waals surface area contributed by atoms with Gasteiger partial charge in [0.2, 0.25) is 0 Å². The average Bonchev–Trinajstić information content (AvgIpc) is 3.40. The highest BCUT2D eigenvalue weighted by Crippen LogP contribution is 2.59. The van der Waals surface area contributed by atoms with Gasteiger partial charge >= 0.3 is 0 Å². The summed E-state index contributed by atoms with van der Waals surface area (Å²) in [5, 5.41) is 10.6. The number of ether oxygens (including phenoxy) is 1. The third-order valence-corrected chi connectivity index (χ3v) is 22.7. The summed E-state index contributed by atoms with van der Waals surface area (Å²) >= 11 is 0. The summed E-state index contributed by atoms with van der Waals surface area (Å²) in [5.41, 5.74) is 4.00. The molecule has 0 amide bonds. The Morgan fingerprint density at radius 3 is 2.13 bits per heavy atom. The van der Waals surface area contributed by atoms with E-state index < -0.39 is 22.2 Å². The van der Waals surface area contributed by atoms with Crippen molar-refractivity contribution >= 4 is 16.6 Å². The lowest BCUT2D eigenvalue weighted by atomic mass is 9.62. The second kappa shape index (κ2) is 18.1. The predicted molar refractivity (Wildman–Crippen MR) is 207 cm³/mol. The molecule has 0 radical (unpaired) electrons. The third-order valence-electron chi connectivity index (χ3n) is 13.3. The first-order valence-corrected chi connectivity index (χ1v) is 25.1. The van der Waals surface area contributed by atoms with Gasteiger partial charge in [-0.1, -0.05) is 72.8 Å². The molecule has 272 valence electrons. The first-order chi connectivity index (χ1) is 22.3. The van der Waals surface area contributed by atoms with Crippen molar-refractivity contribution in [1.82, 2.24) is 0 Å². The number of rotatable bonds is 19. The van der Waals surface area contributed by atoms with Crippen LogP contribution >= 0.6 is 0 Å². The van der Waals surface area contributed by atoms with E-state index in [4.69, 9.17) is 20.2 Å². The Morgan fingerprint density at radius 2 is 1.55 bits per heavy atom. The van der Waals surface area contributed by atoms with E-state index in [1.54, 1.807) is 5.57 Å². The van der Waals surface area contributed by atoms with Crippen LogP contribution in [0, 0.1) is 23.2 Å². The van der Waals surface area contributed by atoms with Gasteiger partial charge in [-0.25, -0.2) is 0 Å². The lowest BCUT2D eigenvalue weighted by molar-refractivity contribution is 0.0185. The van der Waals surface area contributed by atoms with Gasteiger partial charge in [0.05, 0.1) is 17.8 Å². The van der Waals surface area contributed by atoms with Crippen LogP contribution in [0.5, 0.6) is 0 Å². The molecule has 3 fully saturated rings. The van der Waals surface area contributed by atoms with Gasteiger partial charge in [0.1, 0.15) is 0 Å². The number of fused-ring (bicyclic) bond motifs is 1. The Morgan fingerprint density at radius 1 is 0.936 bits per heavy atom. The van der Waals surface area contributed by atoms with Gasteiger partial charge in [-0.3, -0.25) is 0 Å². The van der Waals surface area contributed by atoms with Crippen LogP contribution < -0.4 is 0 Å². The Labute approximate surface area is 293 Å². The van der Waals surface area contributed by atoms with Crippen LogP contribution in [-0.2, 0) is 13.6 Å². The molecule has 0 bridgehead atoms. The summed E-state index contributed by atoms with van der Waals surface area (Å²) in [7, 11) is -3.52. The fraction of sp³-hybridized carbons (Fsp3) is 0.854. The monoisotopic (exact) mass is 689 g/mol. The maximum absolute atomic E-state index is 10.6. The summed E-state index contributed by atoms with van der Waals surface area (Å²) in [6, 6.07) is 7.07. The fourth-order valence-electron chi connectivity index (χ4n) is 9.79. The van der Waals surface area contributed by atoms with Crippen molar-refractivity contribution in [2.45, 2.75) is 188 Å². The molecule has 6 heteroatoms. The second-order valence-corrected chi connectivity index (χ2v) is 26.0. The molecule has 4 nitrogen and oxygen atoms in total. The lowest BCUT2D eigenvalue weighted by Gasteiger charge is -2.43. The Hall–Kier alpha value is -0.506. The van der Waals surface area contributed by atoms with Crippen LogP contribution in [0.1, 0.15) is 133 Å². The molecule has 3 aliphatic carbocycles. The van der Waals surface area contributed by atoms with Crippen LogP contribution in [0.3, 0.4) is 0 Å². The maximum Gasteiger partial charge on any atom is 0.192 e. The second-order valence-electron chi connectivity index (χ2n) is 16.5. The molecule has 0 aliphatic heterocycles. The van der Waals surface area contributed by atoms with E-state index in [2.05, 4.69) is 67.5 Å². The summed E-state index contributed by atoms with van der Waals surface area (Å²) < 4.78 is 20.2. The van der Waals surface area contributed by atoms with Gasteiger partial charge in [0.25, 0.3) is 0 Å². The van der Waals surface area contributed by atoms with Crippen LogP contribution in [-0.4, -0.2) is 52.8 Å². The minimum atomic E-state index is -1.79. The molecule has 3 saturated carbocycles. The van der Waals surface area contributed by atoms with Crippen LogP contribution in [0.4, 0.5) is 0 Å². The molecule has 0 saturated heterocycles. The maximum atomic E-state index is 10.6. The van der Waals surface area contributed by atoms with E-state index in [1.165, 1.54) is 85.9 Å². The predicted octanol–water partition coefficient (Wildman–Crippen LogP) is 11.8. The molecule has 0 aromatic rings. The van der Waals surface area contributed by atoms with Crippen molar-refractivity contribution in [2.24, 2.45) is 23.2 Å². The Bertz CT molecular complexity index is 1020. The molecule has 6 atom stereocenters. The average molecular weight is 689 g/mol. The van der Waals surface area contributed by atoms with Crippen LogP contribution in [0.25, 0.3) is 0 Å². The number of hydrogen-bond acceptors (Lipinski definition) is 4. The molecule has 0 spiro atoms. The molecular formula is C41H76O4Si2. The lowest BCUT2D eigenvalue weighted by Crippen LogP contribution is -2.46. The van der Waals surface area contributed by atoms with Crippen molar-refractivity contribution in [3.8, 4) is 0 Å². The number of allylic oxidation sites excluding steroid dienone is 3. The van der Waals surface area contributed by atoms with Crippen molar-refractivity contribution < 1.29 is 18.7 Å². The van der Waals surface area contributed by atoms with Crippen LogP contribution in [0.15, 0.2) is 35.5 Å². The molecular weight excluding hydrogens is 613 g/mol. The highest BCUT2D eigenvalue weighted by atomic mass is 28.4. The normalized spacial score (nSPS) is 29.9. The molecule has 0 aromatic heterocycles. The van der Waals surface area contributed by atoms with Gasteiger partial charge < -0.3 is 18.7 Å². The van der Waals surface area contributed by atoms with E-state index in [9.17, 15) is 5.11 Å². The molecule has 3 unspecified atom stereocenters. The molecule has 1 N–H and O–H groups in total. The molecule has 3 rings (SSSR count). The summed E-state index contributed by atoms with van der Waals surface area (Å²) in [6.45, 7) is 28.9. The topological polar surface area (TPSA) is 47.9 Å². The highest BCUT2D eigenvalue weighted by Gasteiger charge is 2.49. The minimum absolute atomic E-state index is 0.0863. The van der Waals surface area contributed by atoms with E-state index in [0.717, 1.165) is 44.8 Å². The SMILES string of the molecule is C=C1/C(=C\C=C2/CCCC3(C)[C@@H](CCC(COCC)CC(C)(C)O)CC[C@@H]23)C[C@@H](O[Si](CC)(CC)CC)CC1O[Si](CC)(CC)CC. The smallest absolute Gasteiger partial charge is 0.192 e.